The summed E-state index contributed by atoms with van der Waals surface area (Å²) >= 11 is 0. The molecule has 2 rings (SSSR count). The Hall–Kier alpha value is -3.35. The van der Waals surface area contributed by atoms with Crippen molar-refractivity contribution in [1.29, 1.82) is 0 Å². The van der Waals surface area contributed by atoms with Crippen molar-refractivity contribution in [3.05, 3.63) is 53.6 Å². The van der Waals surface area contributed by atoms with Crippen LogP contribution in [0.25, 0.3) is 0 Å². The summed E-state index contributed by atoms with van der Waals surface area (Å²) in [4.78, 5) is 23.8. The summed E-state index contributed by atoms with van der Waals surface area (Å²) in [5.41, 5.74) is 5.01. The number of hydrazone groups is 1. The van der Waals surface area contributed by atoms with Crippen LogP contribution < -0.4 is 20.2 Å². The SMILES string of the molecule is CCOc1ccc(C=NNC(=O)CCC(=O)Nc2ccc(C)cc2)cc1OCC. The standard InChI is InChI=1S/C22H27N3O4/c1-4-28-19-11-8-17(14-20(19)29-5-2)15-23-25-22(27)13-12-21(26)24-18-9-6-16(3)7-10-18/h6-11,14-15H,4-5,12-13H2,1-3H3,(H,24,26)(H,25,27). The maximum Gasteiger partial charge on any atom is 0.240 e. The van der Waals surface area contributed by atoms with E-state index in [1.807, 2.05) is 51.1 Å². The first-order valence-corrected chi connectivity index (χ1v) is 9.60. The lowest BCUT2D eigenvalue weighted by atomic mass is 10.2. The molecule has 7 nitrogen and oxygen atoms in total. The molecule has 0 heterocycles. The molecule has 0 unspecified atom stereocenters. The Morgan fingerprint density at radius 1 is 0.931 bits per heavy atom. The van der Waals surface area contributed by atoms with Crippen LogP contribution in [0.5, 0.6) is 11.5 Å². The molecule has 0 saturated heterocycles. The maximum atomic E-state index is 11.9. The smallest absolute Gasteiger partial charge is 0.240 e. The Labute approximate surface area is 171 Å². The predicted molar refractivity (Wildman–Crippen MR) is 114 cm³/mol. The van der Waals surface area contributed by atoms with Crippen LogP contribution in [0.2, 0.25) is 0 Å². The molecule has 7 heteroatoms. The number of ether oxygens (including phenoxy) is 2. The molecule has 29 heavy (non-hydrogen) atoms. The number of aryl methyl sites for hydroxylation is 1. The van der Waals surface area contributed by atoms with E-state index in [1.165, 1.54) is 6.21 Å². The highest BCUT2D eigenvalue weighted by atomic mass is 16.5. The third-order valence-electron chi connectivity index (χ3n) is 3.88. The molecule has 2 aromatic rings. The lowest BCUT2D eigenvalue weighted by Crippen LogP contribution is -2.20. The Morgan fingerprint density at radius 2 is 1.59 bits per heavy atom. The first-order chi connectivity index (χ1) is 14.0. The number of hydrogen-bond donors (Lipinski definition) is 2. The summed E-state index contributed by atoms with van der Waals surface area (Å²) in [6.07, 6.45) is 1.64. The normalized spacial score (nSPS) is 10.6. The molecule has 0 aliphatic heterocycles. The summed E-state index contributed by atoms with van der Waals surface area (Å²) in [7, 11) is 0. The summed E-state index contributed by atoms with van der Waals surface area (Å²) in [6.45, 7) is 6.83. The second-order valence-corrected chi connectivity index (χ2v) is 6.28. The number of hydrogen-bond acceptors (Lipinski definition) is 5. The number of carbonyl (C=O) groups excluding carboxylic acids is 2. The largest absolute Gasteiger partial charge is 0.490 e. The second-order valence-electron chi connectivity index (χ2n) is 6.28. The van der Waals surface area contributed by atoms with Gasteiger partial charge in [-0.3, -0.25) is 9.59 Å². The van der Waals surface area contributed by atoms with E-state index in [9.17, 15) is 9.59 Å². The van der Waals surface area contributed by atoms with Crippen LogP contribution in [0.1, 0.15) is 37.8 Å². The van der Waals surface area contributed by atoms with Gasteiger partial charge in [-0.2, -0.15) is 5.10 Å². The van der Waals surface area contributed by atoms with Crippen LogP contribution in [0.3, 0.4) is 0 Å². The third kappa shape index (κ3) is 7.65. The molecule has 0 atom stereocenters. The zero-order valence-electron chi connectivity index (χ0n) is 17.0. The zero-order valence-corrected chi connectivity index (χ0v) is 17.0. The minimum atomic E-state index is -0.337. The first kappa shape index (κ1) is 21.9. The quantitative estimate of drug-likeness (QED) is 0.473. The van der Waals surface area contributed by atoms with Crippen LogP contribution in [-0.4, -0.2) is 31.2 Å². The highest BCUT2D eigenvalue weighted by Gasteiger charge is 2.07. The minimum Gasteiger partial charge on any atom is -0.490 e. The molecule has 2 amide bonds. The summed E-state index contributed by atoms with van der Waals surface area (Å²) in [5.74, 6) is 0.727. The lowest BCUT2D eigenvalue weighted by Gasteiger charge is -2.11. The molecule has 154 valence electrons. The first-order valence-electron chi connectivity index (χ1n) is 9.60. The van der Waals surface area contributed by atoms with Gasteiger partial charge >= 0.3 is 0 Å². The predicted octanol–water partition coefficient (Wildman–Crippen LogP) is 3.66. The molecule has 0 fully saturated rings. The fourth-order valence-corrected chi connectivity index (χ4v) is 2.47. The fraction of sp³-hybridized carbons (Fsp3) is 0.318. The van der Waals surface area contributed by atoms with Gasteiger partial charge in [-0.25, -0.2) is 5.43 Å². The minimum absolute atomic E-state index is 0.0442. The van der Waals surface area contributed by atoms with Crippen molar-refractivity contribution in [2.24, 2.45) is 5.10 Å². The van der Waals surface area contributed by atoms with E-state index in [-0.39, 0.29) is 24.7 Å². The van der Waals surface area contributed by atoms with E-state index in [2.05, 4.69) is 15.8 Å². The van der Waals surface area contributed by atoms with Gasteiger partial charge in [0.15, 0.2) is 11.5 Å². The number of anilines is 1. The summed E-state index contributed by atoms with van der Waals surface area (Å²) < 4.78 is 11.1. The fourth-order valence-electron chi connectivity index (χ4n) is 2.47. The topological polar surface area (TPSA) is 89.0 Å². The molecular weight excluding hydrogens is 370 g/mol. The average molecular weight is 397 g/mol. The van der Waals surface area contributed by atoms with Crippen molar-refractivity contribution >= 4 is 23.7 Å². The van der Waals surface area contributed by atoms with Crippen LogP contribution in [-0.2, 0) is 9.59 Å². The Balaban J connectivity index is 1.80. The van der Waals surface area contributed by atoms with Gasteiger partial charge in [0.05, 0.1) is 19.4 Å². The van der Waals surface area contributed by atoms with Crippen molar-refractivity contribution < 1.29 is 19.1 Å². The van der Waals surface area contributed by atoms with Gasteiger partial charge in [0.2, 0.25) is 11.8 Å². The van der Waals surface area contributed by atoms with Gasteiger partial charge < -0.3 is 14.8 Å². The molecule has 2 aromatic carbocycles. The Morgan fingerprint density at radius 3 is 2.28 bits per heavy atom. The molecule has 0 saturated carbocycles. The van der Waals surface area contributed by atoms with E-state index in [0.29, 0.717) is 30.4 Å². The van der Waals surface area contributed by atoms with Crippen molar-refractivity contribution in [2.75, 3.05) is 18.5 Å². The average Bonchev–Trinajstić information content (AvgIpc) is 2.70. The number of nitrogens with zero attached hydrogens (tertiary/aromatic N) is 1. The number of rotatable bonds is 10. The Kier molecular flexibility index (Phi) is 8.69. The molecule has 0 radical (unpaired) electrons. The molecule has 0 bridgehead atoms. The van der Waals surface area contributed by atoms with Gasteiger partial charge in [0.1, 0.15) is 0 Å². The van der Waals surface area contributed by atoms with E-state index in [4.69, 9.17) is 9.47 Å². The van der Waals surface area contributed by atoms with Crippen molar-refractivity contribution in [3.8, 4) is 11.5 Å². The van der Waals surface area contributed by atoms with E-state index in [0.717, 1.165) is 11.1 Å². The molecule has 0 aromatic heterocycles. The van der Waals surface area contributed by atoms with Crippen molar-refractivity contribution in [2.45, 2.75) is 33.6 Å². The zero-order chi connectivity index (χ0) is 21.1. The molecular formula is C22H27N3O4. The number of amides is 2. The van der Waals surface area contributed by atoms with Crippen LogP contribution >= 0.6 is 0 Å². The van der Waals surface area contributed by atoms with Crippen molar-refractivity contribution in [1.82, 2.24) is 5.43 Å². The molecule has 2 N–H and O–H groups in total. The number of carbonyl (C=O) groups is 2. The molecule has 0 spiro atoms. The van der Waals surface area contributed by atoms with Gasteiger partial charge in [-0.1, -0.05) is 17.7 Å². The lowest BCUT2D eigenvalue weighted by molar-refractivity contribution is -0.124. The van der Waals surface area contributed by atoms with Crippen LogP contribution in [0, 0.1) is 6.92 Å². The second kappa shape index (κ2) is 11.5. The van der Waals surface area contributed by atoms with E-state index < -0.39 is 0 Å². The number of benzene rings is 2. The highest BCUT2D eigenvalue weighted by molar-refractivity contribution is 5.93. The van der Waals surface area contributed by atoms with E-state index in [1.54, 1.807) is 12.1 Å². The molecule has 0 aliphatic rings. The molecule has 0 aliphatic carbocycles. The number of nitrogens with one attached hydrogen (secondary N) is 2. The van der Waals surface area contributed by atoms with Gasteiger partial charge in [-0.15, -0.1) is 0 Å². The van der Waals surface area contributed by atoms with Crippen LogP contribution in [0.15, 0.2) is 47.6 Å². The summed E-state index contributed by atoms with van der Waals surface area (Å²) in [6, 6.07) is 12.9. The van der Waals surface area contributed by atoms with Gasteiger partial charge in [-0.05, 0) is 56.7 Å². The third-order valence-corrected chi connectivity index (χ3v) is 3.88. The monoisotopic (exact) mass is 397 g/mol. The van der Waals surface area contributed by atoms with E-state index >= 15 is 0 Å². The Bertz CT molecular complexity index is 848. The van der Waals surface area contributed by atoms with Crippen molar-refractivity contribution in [3.63, 3.8) is 0 Å². The highest BCUT2D eigenvalue weighted by Crippen LogP contribution is 2.27. The van der Waals surface area contributed by atoms with Crippen LogP contribution in [0.4, 0.5) is 5.69 Å². The van der Waals surface area contributed by atoms with Gasteiger partial charge in [0, 0.05) is 18.5 Å². The summed E-state index contributed by atoms with van der Waals surface area (Å²) in [5, 5.41) is 6.69. The van der Waals surface area contributed by atoms with Gasteiger partial charge in [0.25, 0.3) is 0 Å². The maximum absolute atomic E-state index is 11.9.